The van der Waals surface area contributed by atoms with Gasteiger partial charge in [0.15, 0.2) is 5.75 Å². The molecule has 1 aromatic carbocycles. The molecule has 3 aromatic rings. The van der Waals surface area contributed by atoms with Crippen LogP contribution in [0.25, 0.3) is 0 Å². The highest BCUT2D eigenvalue weighted by Gasteiger charge is 2.27. The molecule has 0 unspecified atom stereocenters. The smallest absolute Gasteiger partial charge is 0.252 e. The van der Waals surface area contributed by atoms with Gasteiger partial charge in [-0.25, -0.2) is 0 Å². The first-order valence-corrected chi connectivity index (χ1v) is 11.5. The van der Waals surface area contributed by atoms with Gasteiger partial charge in [-0.3, -0.25) is 19.3 Å². The molecule has 9 nitrogen and oxygen atoms in total. The summed E-state index contributed by atoms with van der Waals surface area (Å²) in [6, 6.07) is 8.31. The molecule has 1 aliphatic rings. The second-order valence-electron chi connectivity index (χ2n) is 8.59. The summed E-state index contributed by atoms with van der Waals surface area (Å²) < 4.78 is 6.95. The molecule has 184 valence electrons. The van der Waals surface area contributed by atoms with Crippen LogP contribution in [0.3, 0.4) is 0 Å². The zero-order chi connectivity index (χ0) is 23.9. The van der Waals surface area contributed by atoms with Crippen LogP contribution in [0.5, 0.6) is 5.75 Å². The number of carbonyl (C=O) groups excluding carboxylic acids is 2. The summed E-state index contributed by atoms with van der Waals surface area (Å²) in [7, 11) is 3.36. The van der Waals surface area contributed by atoms with Crippen LogP contribution < -0.4 is 20.7 Å². The van der Waals surface area contributed by atoms with Crippen molar-refractivity contribution in [1.29, 1.82) is 0 Å². The highest BCUT2D eigenvalue weighted by molar-refractivity contribution is 6.01. The summed E-state index contributed by atoms with van der Waals surface area (Å²) in [6.07, 6.45) is 11.7. The number of aromatic nitrogens is 3. The maximum Gasteiger partial charge on any atom is 0.252 e. The van der Waals surface area contributed by atoms with Crippen molar-refractivity contribution in [2.45, 2.75) is 38.1 Å². The van der Waals surface area contributed by atoms with Crippen LogP contribution >= 0.6 is 0 Å². The Balaban J connectivity index is 0.00000228. The van der Waals surface area contributed by atoms with E-state index in [-0.39, 0.29) is 16.1 Å². The average molecular weight is 469 g/mol. The quantitative estimate of drug-likeness (QED) is 0.423. The van der Waals surface area contributed by atoms with Crippen molar-refractivity contribution in [3.8, 4) is 5.75 Å². The number of pyridine rings is 1. The number of anilines is 3. The number of hydrogen-bond acceptors (Lipinski definition) is 6. The fourth-order valence-electron chi connectivity index (χ4n) is 4.31. The molecule has 0 spiro atoms. The zero-order valence-corrected chi connectivity index (χ0v) is 19.5. The van der Waals surface area contributed by atoms with Crippen LogP contribution in [0.4, 0.5) is 17.1 Å². The SMILES string of the molecule is COc1cnccc1Nc1cccc(C(=O)N[C@@H](CC2CCCC2)C(=O)Nc2cnn(C)c2)c1.[HH].[HH].[HH]. The molecule has 1 saturated carbocycles. The van der Waals surface area contributed by atoms with Crippen molar-refractivity contribution in [2.75, 3.05) is 17.7 Å². The number of hydrogen-bond donors (Lipinski definition) is 3. The lowest BCUT2D eigenvalue weighted by Gasteiger charge is -2.21. The monoisotopic (exact) mass is 468 g/mol. The van der Waals surface area contributed by atoms with E-state index in [0.717, 1.165) is 24.2 Å². The lowest BCUT2D eigenvalue weighted by molar-refractivity contribution is -0.118. The summed E-state index contributed by atoms with van der Waals surface area (Å²) in [5.74, 6) is 0.497. The normalized spacial score (nSPS) is 14.4. The average Bonchev–Trinajstić information content (AvgIpc) is 3.50. The summed E-state index contributed by atoms with van der Waals surface area (Å²) in [4.78, 5) is 30.3. The van der Waals surface area contributed by atoms with Gasteiger partial charge in [-0.05, 0) is 36.6 Å². The van der Waals surface area contributed by atoms with Crippen molar-refractivity contribution in [3.05, 3.63) is 60.7 Å². The Bertz CT molecular complexity index is 1150. The van der Waals surface area contributed by atoms with Crippen molar-refractivity contribution in [3.63, 3.8) is 0 Å². The summed E-state index contributed by atoms with van der Waals surface area (Å²) in [6.45, 7) is 0. The number of ether oxygens (including phenoxy) is 1. The Hall–Kier alpha value is -3.88. The van der Waals surface area contributed by atoms with E-state index in [1.54, 1.807) is 67.9 Å². The largest absolute Gasteiger partial charge is 0.493 e. The third-order valence-corrected chi connectivity index (χ3v) is 6.05. The number of nitrogens with zero attached hydrogens (tertiary/aromatic N) is 3. The lowest BCUT2D eigenvalue weighted by Crippen LogP contribution is -2.44. The molecule has 4 rings (SSSR count). The standard InChI is InChI=1S/C25H30N6O3.3H2/c1-31-16-20(14-27-31)29-25(33)22(12-17-6-3-4-7-17)30-24(32)18-8-5-9-19(13-18)28-21-10-11-26-15-23(21)34-2;;;/h5,8-11,13-17,22H,3-4,6-7,12H2,1-2H3,(H,26,28)(H,29,33)(H,30,32);3*1H/t22-;;;/m0.../s1. The third kappa shape index (κ3) is 5.92. The van der Waals surface area contributed by atoms with Gasteiger partial charge < -0.3 is 20.7 Å². The number of aryl methyl sites for hydroxylation is 1. The van der Waals surface area contributed by atoms with Gasteiger partial charge in [-0.15, -0.1) is 0 Å². The molecule has 0 saturated heterocycles. The van der Waals surface area contributed by atoms with Crippen molar-refractivity contribution in [1.82, 2.24) is 20.1 Å². The molecule has 9 heteroatoms. The van der Waals surface area contributed by atoms with E-state index >= 15 is 0 Å². The number of benzene rings is 1. The van der Waals surface area contributed by atoms with Crippen LogP contribution in [-0.2, 0) is 11.8 Å². The maximum atomic E-state index is 13.1. The highest BCUT2D eigenvalue weighted by Crippen LogP contribution is 2.29. The van der Waals surface area contributed by atoms with E-state index in [2.05, 4.69) is 26.0 Å². The van der Waals surface area contributed by atoms with E-state index in [1.165, 1.54) is 12.8 Å². The Kier molecular flexibility index (Phi) is 7.41. The van der Waals surface area contributed by atoms with Crippen LogP contribution in [0.15, 0.2) is 55.1 Å². The predicted octanol–water partition coefficient (Wildman–Crippen LogP) is 4.62. The van der Waals surface area contributed by atoms with Crippen LogP contribution in [0, 0.1) is 5.92 Å². The molecule has 2 aromatic heterocycles. The molecule has 0 aliphatic heterocycles. The lowest BCUT2D eigenvalue weighted by atomic mass is 9.97. The first-order valence-electron chi connectivity index (χ1n) is 11.5. The Labute approximate surface area is 203 Å². The first kappa shape index (κ1) is 23.3. The van der Waals surface area contributed by atoms with Gasteiger partial charge in [0, 0.05) is 35.0 Å². The van der Waals surface area contributed by atoms with Crippen molar-refractivity contribution in [2.24, 2.45) is 13.0 Å². The van der Waals surface area contributed by atoms with Crippen LogP contribution in [0.2, 0.25) is 0 Å². The summed E-state index contributed by atoms with van der Waals surface area (Å²) in [5.41, 5.74) is 2.54. The van der Waals surface area contributed by atoms with Crippen LogP contribution in [-0.4, -0.2) is 39.7 Å². The molecule has 1 aliphatic carbocycles. The summed E-state index contributed by atoms with van der Waals surface area (Å²) in [5, 5.41) is 13.2. The molecule has 1 atom stereocenters. The Morgan fingerprint density at radius 2 is 2.03 bits per heavy atom. The molecule has 2 amide bonds. The molecule has 0 radical (unpaired) electrons. The second-order valence-corrected chi connectivity index (χ2v) is 8.59. The van der Waals surface area contributed by atoms with Crippen molar-refractivity contribution < 1.29 is 18.6 Å². The Morgan fingerprint density at radius 3 is 2.76 bits per heavy atom. The minimum Gasteiger partial charge on any atom is -0.493 e. The first-order chi connectivity index (χ1) is 16.5. The number of methoxy groups -OCH3 is 1. The minimum atomic E-state index is -0.632. The van der Waals surface area contributed by atoms with Crippen LogP contribution in [0.1, 0.15) is 46.7 Å². The van der Waals surface area contributed by atoms with Gasteiger partial charge >= 0.3 is 0 Å². The third-order valence-electron chi connectivity index (χ3n) is 6.05. The second kappa shape index (κ2) is 10.8. The van der Waals surface area contributed by atoms with Gasteiger partial charge in [0.05, 0.1) is 30.9 Å². The fourth-order valence-corrected chi connectivity index (χ4v) is 4.31. The Morgan fingerprint density at radius 1 is 1.21 bits per heavy atom. The summed E-state index contributed by atoms with van der Waals surface area (Å²) >= 11 is 0. The molecule has 34 heavy (non-hydrogen) atoms. The highest BCUT2D eigenvalue weighted by atomic mass is 16.5. The number of rotatable bonds is 9. The molecule has 1 fully saturated rings. The van der Waals surface area contributed by atoms with Crippen molar-refractivity contribution >= 4 is 28.9 Å². The number of carbonyl (C=O) groups is 2. The van der Waals surface area contributed by atoms with E-state index in [9.17, 15) is 9.59 Å². The minimum absolute atomic E-state index is 0. The van der Waals surface area contributed by atoms with E-state index in [4.69, 9.17) is 4.74 Å². The van der Waals surface area contributed by atoms with E-state index in [1.807, 2.05) is 6.07 Å². The topological polar surface area (TPSA) is 110 Å². The van der Waals surface area contributed by atoms with E-state index in [0.29, 0.717) is 29.3 Å². The molecule has 0 bridgehead atoms. The number of nitrogens with one attached hydrogen (secondary N) is 3. The predicted molar refractivity (Wildman–Crippen MR) is 137 cm³/mol. The zero-order valence-electron chi connectivity index (χ0n) is 19.5. The molecule has 3 N–H and O–H groups in total. The number of amides is 2. The van der Waals surface area contributed by atoms with Gasteiger partial charge in [-0.1, -0.05) is 31.7 Å². The van der Waals surface area contributed by atoms with E-state index < -0.39 is 6.04 Å². The van der Waals surface area contributed by atoms with Gasteiger partial charge in [0.25, 0.3) is 5.91 Å². The molecular formula is C25H36N6O3. The van der Waals surface area contributed by atoms with Gasteiger partial charge in [0.2, 0.25) is 5.91 Å². The van der Waals surface area contributed by atoms with Gasteiger partial charge in [0.1, 0.15) is 6.04 Å². The molecular weight excluding hydrogens is 432 g/mol. The fraction of sp³-hybridized carbons (Fsp3) is 0.360. The van der Waals surface area contributed by atoms with Gasteiger partial charge in [-0.2, -0.15) is 5.10 Å². The maximum absolute atomic E-state index is 13.1. The molecule has 2 heterocycles.